The third-order valence-corrected chi connectivity index (χ3v) is 3.77. The van der Waals surface area contributed by atoms with Gasteiger partial charge >= 0.3 is 0 Å². The summed E-state index contributed by atoms with van der Waals surface area (Å²) in [6.07, 6.45) is 6.73. The van der Waals surface area contributed by atoms with Crippen LogP contribution in [-0.4, -0.2) is 29.5 Å². The molecule has 0 fully saturated rings. The van der Waals surface area contributed by atoms with Crippen LogP contribution in [0.25, 0.3) is 0 Å². The van der Waals surface area contributed by atoms with Gasteiger partial charge in [0.2, 0.25) is 0 Å². The molecule has 0 aromatic heterocycles. The van der Waals surface area contributed by atoms with Crippen LogP contribution >= 0.6 is 37.9 Å². The van der Waals surface area contributed by atoms with Crippen molar-refractivity contribution in [1.82, 2.24) is 0 Å². The van der Waals surface area contributed by atoms with Crippen LogP contribution < -0.4 is 0 Å². The Hall–Kier alpha value is 1.01. The molecule has 0 heterocycles. The molecule has 0 aliphatic rings. The van der Waals surface area contributed by atoms with Crippen molar-refractivity contribution in [3.63, 3.8) is 0 Å². The first-order valence-corrected chi connectivity index (χ1v) is 8.11. The van der Waals surface area contributed by atoms with Gasteiger partial charge in [0.05, 0.1) is 5.60 Å². The van der Waals surface area contributed by atoms with E-state index in [-0.39, 0.29) is 5.60 Å². The highest BCUT2D eigenvalue weighted by atomic mass is 32.1. The van der Waals surface area contributed by atoms with Gasteiger partial charge in [0.25, 0.3) is 0 Å². The molecule has 0 saturated heterocycles. The van der Waals surface area contributed by atoms with E-state index in [0.29, 0.717) is 0 Å². The molecular formula is C12H26OS3. The smallest absolute Gasteiger partial charge is 0.0683 e. The van der Waals surface area contributed by atoms with Crippen LogP contribution in [0.5, 0.6) is 0 Å². The lowest BCUT2D eigenvalue weighted by molar-refractivity contribution is -0.0585. The molecule has 0 spiro atoms. The summed E-state index contributed by atoms with van der Waals surface area (Å²) in [5.74, 6) is 2.82. The summed E-state index contributed by atoms with van der Waals surface area (Å²) < 4.78 is 6.03. The summed E-state index contributed by atoms with van der Waals surface area (Å²) in [6, 6.07) is 0. The standard InChI is InChI=1S/C12H26OS3/c1-2-13-12(6-3-9-14,7-4-10-15)8-5-11-16/h14-16H,2-11H2,1H3. The van der Waals surface area contributed by atoms with Gasteiger partial charge in [-0.1, -0.05) is 0 Å². The van der Waals surface area contributed by atoms with Crippen molar-refractivity contribution < 1.29 is 4.74 Å². The lowest BCUT2D eigenvalue weighted by atomic mass is 9.88. The van der Waals surface area contributed by atoms with E-state index in [1.165, 1.54) is 0 Å². The van der Waals surface area contributed by atoms with Crippen LogP contribution in [0.4, 0.5) is 0 Å². The lowest BCUT2D eigenvalue weighted by Crippen LogP contribution is -2.33. The normalized spacial score (nSPS) is 12.0. The minimum Gasteiger partial charge on any atom is -0.375 e. The highest BCUT2D eigenvalue weighted by molar-refractivity contribution is 7.80. The van der Waals surface area contributed by atoms with Gasteiger partial charge in [0, 0.05) is 6.61 Å². The molecule has 0 amide bonds. The Bertz CT molecular complexity index is 131. The van der Waals surface area contributed by atoms with E-state index in [1.54, 1.807) is 0 Å². The first kappa shape index (κ1) is 17.0. The molecule has 4 heteroatoms. The Balaban J connectivity index is 4.32. The van der Waals surface area contributed by atoms with Crippen molar-refractivity contribution in [1.29, 1.82) is 0 Å². The molecule has 0 aliphatic heterocycles. The fourth-order valence-electron chi connectivity index (χ4n) is 2.10. The molecule has 0 radical (unpaired) electrons. The Morgan fingerprint density at radius 1 is 0.812 bits per heavy atom. The third-order valence-electron chi connectivity index (χ3n) is 2.82. The lowest BCUT2D eigenvalue weighted by Gasteiger charge is -2.34. The summed E-state index contributed by atoms with van der Waals surface area (Å²) >= 11 is 12.9. The van der Waals surface area contributed by atoms with Gasteiger partial charge in [-0.25, -0.2) is 0 Å². The number of rotatable bonds is 11. The highest BCUT2D eigenvalue weighted by Crippen LogP contribution is 2.30. The SMILES string of the molecule is CCOC(CCCS)(CCCS)CCCS. The van der Waals surface area contributed by atoms with Gasteiger partial charge in [0.1, 0.15) is 0 Å². The van der Waals surface area contributed by atoms with Crippen LogP contribution in [-0.2, 0) is 4.74 Å². The molecular weight excluding hydrogens is 256 g/mol. The minimum absolute atomic E-state index is 0.0585. The molecule has 0 rings (SSSR count). The first-order chi connectivity index (χ1) is 7.74. The van der Waals surface area contributed by atoms with Crippen molar-refractivity contribution >= 4 is 37.9 Å². The Kier molecular flexibility index (Phi) is 11.8. The summed E-state index contributed by atoms with van der Waals surface area (Å²) in [5, 5.41) is 0. The molecule has 0 N–H and O–H groups in total. The monoisotopic (exact) mass is 282 g/mol. The van der Waals surface area contributed by atoms with E-state index in [1.807, 2.05) is 0 Å². The Labute approximate surface area is 117 Å². The first-order valence-electron chi connectivity index (χ1n) is 6.21. The average Bonchev–Trinajstić information content (AvgIpc) is 2.31. The van der Waals surface area contributed by atoms with Crippen molar-refractivity contribution in [2.75, 3.05) is 23.9 Å². The molecule has 0 unspecified atom stereocenters. The van der Waals surface area contributed by atoms with Gasteiger partial charge in [0.15, 0.2) is 0 Å². The van der Waals surface area contributed by atoms with Crippen LogP contribution in [0, 0.1) is 0 Å². The predicted molar refractivity (Wildman–Crippen MR) is 83.6 cm³/mol. The Morgan fingerprint density at radius 2 is 1.19 bits per heavy atom. The van der Waals surface area contributed by atoms with E-state index in [4.69, 9.17) is 4.74 Å². The maximum Gasteiger partial charge on any atom is 0.0683 e. The molecule has 0 atom stereocenters. The Morgan fingerprint density at radius 3 is 1.44 bits per heavy atom. The maximum absolute atomic E-state index is 6.03. The number of hydrogen-bond donors (Lipinski definition) is 3. The van der Waals surface area contributed by atoms with Crippen LogP contribution in [0.3, 0.4) is 0 Å². The fourth-order valence-corrected chi connectivity index (χ4v) is 2.58. The number of thiol groups is 3. The van der Waals surface area contributed by atoms with E-state index >= 15 is 0 Å². The van der Waals surface area contributed by atoms with Gasteiger partial charge in [-0.15, -0.1) is 0 Å². The molecule has 0 saturated carbocycles. The molecule has 0 aliphatic carbocycles. The zero-order valence-corrected chi connectivity index (χ0v) is 13.0. The average molecular weight is 283 g/mol. The molecule has 0 aromatic carbocycles. The zero-order valence-electron chi connectivity index (χ0n) is 10.3. The molecule has 0 aromatic rings. The number of ether oxygens (including phenoxy) is 1. The largest absolute Gasteiger partial charge is 0.375 e. The quantitative estimate of drug-likeness (QED) is 0.487. The summed E-state index contributed by atoms with van der Waals surface area (Å²) in [6.45, 7) is 2.88. The van der Waals surface area contributed by atoms with E-state index in [2.05, 4.69) is 44.8 Å². The van der Waals surface area contributed by atoms with Gasteiger partial charge in [-0.2, -0.15) is 37.9 Å². The molecule has 98 valence electrons. The fraction of sp³-hybridized carbons (Fsp3) is 1.00. The van der Waals surface area contributed by atoms with E-state index in [9.17, 15) is 0 Å². The van der Waals surface area contributed by atoms with Crippen molar-refractivity contribution in [3.8, 4) is 0 Å². The second kappa shape index (κ2) is 11.1. The predicted octanol–water partition coefficient (Wildman–Crippen LogP) is 3.89. The van der Waals surface area contributed by atoms with Gasteiger partial charge in [-0.3, -0.25) is 0 Å². The van der Waals surface area contributed by atoms with Crippen LogP contribution in [0.1, 0.15) is 45.4 Å². The zero-order chi connectivity index (χ0) is 12.3. The molecule has 1 nitrogen and oxygen atoms in total. The second-order valence-corrected chi connectivity index (χ2v) is 5.44. The summed E-state index contributed by atoms with van der Waals surface area (Å²) in [7, 11) is 0. The van der Waals surface area contributed by atoms with Gasteiger partial charge in [-0.05, 0) is 62.7 Å². The molecule has 16 heavy (non-hydrogen) atoms. The molecule has 0 bridgehead atoms. The van der Waals surface area contributed by atoms with E-state index < -0.39 is 0 Å². The van der Waals surface area contributed by atoms with Crippen molar-refractivity contribution in [3.05, 3.63) is 0 Å². The topological polar surface area (TPSA) is 9.23 Å². The van der Waals surface area contributed by atoms with Crippen LogP contribution in [0.15, 0.2) is 0 Å². The van der Waals surface area contributed by atoms with Crippen molar-refractivity contribution in [2.45, 2.75) is 51.0 Å². The summed E-state index contributed by atoms with van der Waals surface area (Å²) in [4.78, 5) is 0. The highest BCUT2D eigenvalue weighted by Gasteiger charge is 2.28. The summed E-state index contributed by atoms with van der Waals surface area (Å²) in [5.41, 5.74) is 0.0585. The number of hydrogen-bond acceptors (Lipinski definition) is 4. The maximum atomic E-state index is 6.03. The van der Waals surface area contributed by atoms with Crippen LogP contribution in [0.2, 0.25) is 0 Å². The van der Waals surface area contributed by atoms with Gasteiger partial charge < -0.3 is 4.74 Å². The second-order valence-electron chi connectivity index (χ2n) is 4.10. The minimum atomic E-state index is 0.0585. The third kappa shape index (κ3) is 7.36. The van der Waals surface area contributed by atoms with E-state index in [0.717, 1.165) is 62.4 Å². The van der Waals surface area contributed by atoms with Crippen molar-refractivity contribution in [2.24, 2.45) is 0 Å².